The fourth-order valence-corrected chi connectivity index (χ4v) is 1.71. The fraction of sp³-hybridized carbons (Fsp3) is 0.538. The van der Waals surface area contributed by atoms with E-state index in [1.54, 1.807) is 7.11 Å². The molecule has 0 saturated heterocycles. The second-order valence-corrected chi connectivity index (χ2v) is 3.70. The molecule has 1 aromatic rings. The van der Waals surface area contributed by atoms with Crippen molar-refractivity contribution >= 4 is 0 Å². The number of hydrazine groups is 1. The second kappa shape index (κ2) is 8.05. The van der Waals surface area contributed by atoms with E-state index in [1.165, 1.54) is 0 Å². The third kappa shape index (κ3) is 3.96. The van der Waals surface area contributed by atoms with Crippen LogP contribution in [-0.2, 0) is 9.47 Å². The molecule has 1 atom stereocenters. The normalized spacial score (nSPS) is 12.7. The van der Waals surface area contributed by atoms with Crippen LogP contribution in [0.4, 0.5) is 0 Å². The summed E-state index contributed by atoms with van der Waals surface area (Å²) >= 11 is 0. The van der Waals surface area contributed by atoms with Gasteiger partial charge in [0.2, 0.25) is 0 Å². The summed E-state index contributed by atoms with van der Waals surface area (Å²) in [4.78, 5) is 0. The standard InChI is InChI=1S/C13H22N2O3/c1-4-17-13(18-5-2)12(15-14)10-6-8-11(16-3)9-7-10/h6-9,12-13,15H,4-5,14H2,1-3H3. The van der Waals surface area contributed by atoms with Crippen molar-refractivity contribution in [3.8, 4) is 5.75 Å². The van der Waals surface area contributed by atoms with Crippen LogP contribution >= 0.6 is 0 Å². The van der Waals surface area contributed by atoms with Gasteiger partial charge in [0.25, 0.3) is 0 Å². The van der Waals surface area contributed by atoms with Crippen LogP contribution in [0.2, 0.25) is 0 Å². The predicted octanol–water partition coefficient (Wildman–Crippen LogP) is 1.60. The molecular formula is C13H22N2O3. The molecule has 1 rings (SSSR count). The SMILES string of the molecule is CCOC(OCC)C(NN)c1ccc(OC)cc1. The first-order valence-electron chi connectivity index (χ1n) is 6.10. The largest absolute Gasteiger partial charge is 0.497 e. The van der Waals surface area contributed by atoms with Crippen molar-refractivity contribution in [2.75, 3.05) is 20.3 Å². The summed E-state index contributed by atoms with van der Waals surface area (Å²) in [5.74, 6) is 6.40. The zero-order valence-corrected chi connectivity index (χ0v) is 11.2. The molecule has 0 heterocycles. The summed E-state index contributed by atoms with van der Waals surface area (Å²) in [6, 6.07) is 7.43. The number of hydrogen-bond acceptors (Lipinski definition) is 5. The first-order valence-corrected chi connectivity index (χ1v) is 6.10. The summed E-state index contributed by atoms with van der Waals surface area (Å²) in [5, 5.41) is 0. The van der Waals surface area contributed by atoms with Gasteiger partial charge in [0.05, 0.1) is 13.2 Å². The minimum atomic E-state index is -0.404. The van der Waals surface area contributed by atoms with Gasteiger partial charge in [-0.3, -0.25) is 5.84 Å². The Morgan fingerprint density at radius 1 is 1.11 bits per heavy atom. The number of ether oxygens (including phenoxy) is 3. The predicted molar refractivity (Wildman–Crippen MR) is 70.1 cm³/mol. The molecule has 0 bridgehead atoms. The van der Waals surface area contributed by atoms with Gasteiger partial charge in [-0.15, -0.1) is 0 Å². The van der Waals surface area contributed by atoms with Gasteiger partial charge in [-0.1, -0.05) is 12.1 Å². The molecule has 0 spiro atoms. The number of nitrogens with one attached hydrogen (secondary N) is 1. The van der Waals surface area contributed by atoms with E-state index in [1.807, 2.05) is 38.1 Å². The minimum absolute atomic E-state index is 0.212. The van der Waals surface area contributed by atoms with Crippen LogP contribution in [0.1, 0.15) is 25.5 Å². The summed E-state index contributed by atoms with van der Waals surface area (Å²) in [6.45, 7) is 4.99. The number of rotatable bonds is 8. The quantitative estimate of drug-likeness (QED) is 0.419. The average molecular weight is 254 g/mol. The molecule has 1 unspecified atom stereocenters. The lowest BCUT2D eigenvalue weighted by Crippen LogP contribution is -2.39. The highest BCUT2D eigenvalue weighted by Crippen LogP contribution is 2.22. The lowest BCUT2D eigenvalue weighted by Gasteiger charge is -2.26. The summed E-state index contributed by atoms with van der Waals surface area (Å²) in [5.41, 5.74) is 3.73. The van der Waals surface area contributed by atoms with E-state index < -0.39 is 6.29 Å². The number of methoxy groups -OCH3 is 1. The van der Waals surface area contributed by atoms with Crippen LogP contribution in [-0.4, -0.2) is 26.6 Å². The van der Waals surface area contributed by atoms with Crippen LogP contribution in [0.5, 0.6) is 5.75 Å². The molecule has 5 heteroatoms. The average Bonchev–Trinajstić information content (AvgIpc) is 2.41. The topological polar surface area (TPSA) is 65.7 Å². The van der Waals surface area contributed by atoms with Crippen molar-refractivity contribution in [3.63, 3.8) is 0 Å². The van der Waals surface area contributed by atoms with Crippen molar-refractivity contribution in [1.29, 1.82) is 0 Å². The molecule has 18 heavy (non-hydrogen) atoms. The van der Waals surface area contributed by atoms with Gasteiger partial charge >= 0.3 is 0 Å². The van der Waals surface area contributed by atoms with Crippen molar-refractivity contribution in [2.45, 2.75) is 26.2 Å². The van der Waals surface area contributed by atoms with Crippen molar-refractivity contribution in [1.82, 2.24) is 5.43 Å². The molecule has 0 amide bonds. The maximum Gasteiger partial charge on any atom is 0.178 e. The maximum absolute atomic E-state index is 5.60. The molecular weight excluding hydrogens is 232 g/mol. The van der Waals surface area contributed by atoms with Gasteiger partial charge in [0.15, 0.2) is 6.29 Å². The molecule has 0 aliphatic rings. The van der Waals surface area contributed by atoms with Crippen LogP contribution in [0.25, 0.3) is 0 Å². The molecule has 0 saturated carbocycles. The van der Waals surface area contributed by atoms with Gasteiger partial charge in [0, 0.05) is 13.2 Å². The molecule has 5 nitrogen and oxygen atoms in total. The maximum atomic E-state index is 5.60. The third-order valence-corrected chi connectivity index (χ3v) is 2.59. The molecule has 0 aliphatic heterocycles. The van der Waals surface area contributed by atoms with Gasteiger partial charge in [-0.05, 0) is 31.5 Å². The second-order valence-electron chi connectivity index (χ2n) is 3.70. The van der Waals surface area contributed by atoms with E-state index in [-0.39, 0.29) is 6.04 Å². The highest BCUT2D eigenvalue weighted by Gasteiger charge is 2.22. The Bertz CT molecular complexity index is 324. The first kappa shape index (κ1) is 14.9. The van der Waals surface area contributed by atoms with Gasteiger partial charge in [-0.2, -0.15) is 0 Å². The molecule has 0 radical (unpaired) electrons. The van der Waals surface area contributed by atoms with E-state index in [2.05, 4.69) is 5.43 Å². The molecule has 0 aliphatic carbocycles. The van der Waals surface area contributed by atoms with Crippen LogP contribution in [0.15, 0.2) is 24.3 Å². The van der Waals surface area contributed by atoms with Crippen molar-refractivity contribution in [3.05, 3.63) is 29.8 Å². The Morgan fingerprint density at radius 2 is 1.67 bits per heavy atom. The molecule has 0 aromatic heterocycles. The fourth-order valence-electron chi connectivity index (χ4n) is 1.71. The molecule has 102 valence electrons. The summed E-state index contributed by atoms with van der Waals surface area (Å²) in [6.07, 6.45) is -0.404. The van der Waals surface area contributed by atoms with Crippen molar-refractivity contribution < 1.29 is 14.2 Å². The van der Waals surface area contributed by atoms with Crippen LogP contribution in [0.3, 0.4) is 0 Å². The van der Waals surface area contributed by atoms with Gasteiger partial charge in [0.1, 0.15) is 5.75 Å². The Kier molecular flexibility index (Phi) is 6.67. The lowest BCUT2D eigenvalue weighted by atomic mass is 10.1. The van der Waals surface area contributed by atoms with Crippen LogP contribution in [0, 0.1) is 0 Å². The Balaban J connectivity index is 2.83. The minimum Gasteiger partial charge on any atom is -0.497 e. The van der Waals surface area contributed by atoms with E-state index in [9.17, 15) is 0 Å². The zero-order chi connectivity index (χ0) is 13.4. The summed E-state index contributed by atoms with van der Waals surface area (Å²) in [7, 11) is 1.64. The Morgan fingerprint density at radius 3 is 2.06 bits per heavy atom. The number of benzene rings is 1. The lowest BCUT2D eigenvalue weighted by molar-refractivity contribution is -0.155. The monoisotopic (exact) mass is 254 g/mol. The highest BCUT2D eigenvalue weighted by atomic mass is 16.7. The number of nitrogens with two attached hydrogens (primary N) is 1. The van der Waals surface area contributed by atoms with Crippen molar-refractivity contribution in [2.24, 2.45) is 5.84 Å². The van der Waals surface area contributed by atoms with Crippen LogP contribution < -0.4 is 16.0 Å². The Hall–Kier alpha value is -1.14. The van der Waals surface area contributed by atoms with Gasteiger partial charge < -0.3 is 14.2 Å². The molecule has 3 N–H and O–H groups in total. The molecule has 1 aromatic carbocycles. The first-order chi connectivity index (χ1) is 8.76. The Labute approximate surface area is 108 Å². The summed E-state index contributed by atoms with van der Waals surface area (Å²) < 4.78 is 16.2. The van der Waals surface area contributed by atoms with E-state index >= 15 is 0 Å². The van der Waals surface area contributed by atoms with E-state index in [0.29, 0.717) is 13.2 Å². The third-order valence-electron chi connectivity index (χ3n) is 2.59. The zero-order valence-electron chi connectivity index (χ0n) is 11.2. The highest BCUT2D eigenvalue weighted by molar-refractivity contribution is 5.29. The molecule has 0 fully saturated rings. The number of hydrogen-bond donors (Lipinski definition) is 2. The van der Waals surface area contributed by atoms with Gasteiger partial charge in [-0.25, -0.2) is 5.43 Å². The smallest absolute Gasteiger partial charge is 0.178 e. The van der Waals surface area contributed by atoms with E-state index in [0.717, 1.165) is 11.3 Å². The van der Waals surface area contributed by atoms with E-state index in [4.69, 9.17) is 20.1 Å².